The van der Waals surface area contributed by atoms with Gasteiger partial charge in [0.25, 0.3) is 0 Å². The van der Waals surface area contributed by atoms with Crippen molar-refractivity contribution in [1.82, 2.24) is 0 Å². The van der Waals surface area contributed by atoms with Crippen molar-refractivity contribution in [3.8, 4) is 0 Å². The Morgan fingerprint density at radius 3 is 2.92 bits per heavy atom. The smallest absolute Gasteiger partial charge is 0.309 e. The number of halogens is 1. The first kappa shape index (κ1) is 10.8. The highest BCUT2D eigenvalue weighted by molar-refractivity contribution is 6.18. The van der Waals surface area contributed by atoms with Crippen LogP contribution < -0.4 is 0 Å². The minimum absolute atomic E-state index is 0.119. The van der Waals surface area contributed by atoms with E-state index in [1.807, 2.05) is 0 Å². The van der Waals surface area contributed by atoms with Crippen LogP contribution >= 0.6 is 11.6 Å². The average Bonchev–Trinajstić information content (AvgIpc) is 2.14. The number of ether oxygens (including phenoxy) is 1. The molecule has 0 heterocycles. The number of rotatable bonds is 3. The van der Waals surface area contributed by atoms with Crippen LogP contribution in [-0.4, -0.2) is 29.7 Å². The van der Waals surface area contributed by atoms with Crippen molar-refractivity contribution in [2.45, 2.75) is 31.8 Å². The summed E-state index contributed by atoms with van der Waals surface area (Å²) in [5.74, 6) is 0.00690. The Morgan fingerprint density at radius 2 is 2.31 bits per heavy atom. The molecule has 2 atom stereocenters. The van der Waals surface area contributed by atoms with Crippen molar-refractivity contribution < 1.29 is 14.6 Å². The Morgan fingerprint density at radius 1 is 1.54 bits per heavy atom. The number of carbonyl (C=O) groups excluding carboxylic acids is 1. The van der Waals surface area contributed by atoms with Crippen molar-refractivity contribution in [2.24, 2.45) is 5.92 Å². The van der Waals surface area contributed by atoms with Crippen molar-refractivity contribution in [1.29, 1.82) is 0 Å². The molecule has 0 aromatic heterocycles. The Bertz CT molecular complexity index is 172. The van der Waals surface area contributed by atoms with Gasteiger partial charge in [0.15, 0.2) is 0 Å². The number of carbonyl (C=O) groups is 1. The Hall–Kier alpha value is -0.280. The van der Waals surface area contributed by atoms with Gasteiger partial charge < -0.3 is 9.84 Å². The molecule has 0 aliphatic heterocycles. The molecule has 1 N–H and O–H groups in total. The standard InChI is InChI=1S/C9H15ClO3/c10-4-5-13-9(12)7-2-1-3-8(11)6-7/h7-8,11H,1-6H2. The zero-order valence-electron chi connectivity index (χ0n) is 7.54. The Kier molecular flexibility index (Phi) is 4.53. The van der Waals surface area contributed by atoms with Gasteiger partial charge >= 0.3 is 5.97 Å². The van der Waals surface area contributed by atoms with Crippen LogP contribution in [0.3, 0.4) is 0 Å². The summed E-state index contributed by atoms with van der Waals surface area (Å²) < 4.78 is 4.90. The van der Waals surface area contributed by atoms with Crippen LogP contribution in [0.4, 0.5) is 0 Å². The maximum atomic E-state index is 11.3. The summed E-state index contributed by atoms with van der Waals surface area (Å²) in [5.41, 5.74) is 0. The lowest BCUT2D eigenvalue weighted by Gasteiger charge is -2.23. The third kappa shape index (κ3) is 3.53. The van der Waals surface area contributed by atoms with E-state index in [0.29, 0.717) is 12.3 Å². The second kappa shape index (κ2) is 5.45. The molecule has 2 unspecified atom stereocenters. The Balaban J connectivity index is 2.28. The normalized spacial score (nSPS) is 28.5. The third-order valence-corrected chi connectivity index (χ3v) is 2.46. The minimum Gasteiger partial charge on any atom is -0.464 e. The van der Waals surface area contributed by atoms with E-state index >= 15 is 0 Å². The van der Waals surface area contributed by atoms with E-state index in [9.17, 15) is 9.90 Å². The van der Waals surface area contributed by atoms with Gasteiger partial charge in [-0.25, -0.2) is 0 Å². The number of aliphatic hydroxyl groups excluding tert-OH is 1. The molecule has 3 nitrogen and oxygen atoms in total. The quantitative estimate of drug-likeness (QED) is 0.560. The molecule has 13 heavy (non-hydrogen) atoms. The van der Waals surface area contributed by atoms with E-state index in [4.69, 9.17) is 16.3 Å². The molecule has 0 amide bonds. The molecule has 0 bridgehead atoms. The SMILES string of the molecule is O=C(OCCCl)C1CCCC(O)C1. The zero-order chi connectivity index (χ0) is 9.68. The first-order chi connectivity index (χ1) is 6.24. The van der Waals surface area contributed by atoms with Gasteiger partial charge in [-0.2, -0.15) is 0 Å². The summed E-state index contributed by atoms with van der Waals surface area (Å²) >= 11 is 5.39. The number of alkyl halides is 1. The van der Waals surface area contributed by atoms with Gasteiger partial charge in [0, 0.05) is 0 Å². The summed E-state index contributed by atoms with van der Waals surface area (Å²) in [5, 5.41) is 9.32. The van der Waals surface area contributed by atoms with E-state index in [0.717, 1.165) is 19.3 Å². The topological polar surface area (TPSA) is 46.5 Å². The molecule has 0 radical (unpaired) electrons. The first-order valence-corrected chi connectivity index (χ1v) is 5.18. The van der Waals surface area contributed by atoms with Crippen LogP contribution in [0.25, 0.3) is 0 Å². The highest BCUT2D eigenvalue weighted by atomic mass is 35.5. The second-order valence-electron chi connectivity index (χ2n) is 3.37. The molecule has 1 rings (SSSR count). The Labute approximate surface area is 83.0 Å². The first-order valence-electron chi connectivity index (χ1n) is 4.64. The summed E-state index contributed by atoms with van der Waals surface area (Å²) in [6.45, 7) is 0.271. The fourth-order valence-electron chi connectivity index (χ4n) is 1.64. The molecule has 1 saturated carbocycles. The van der Waals surface area contributed by atoms with E-state index in [1.54, 1.807) is 0 Å². The van der Waals surface area contributed by atoms with Gasteiger partial charge in [-0.15, -0.1) is 11.6 Å². The number of hydrogen-bond acceptors (Lipinski definition) is 3. The van der Waals surface area contributed by atoms with Gasteiger partial charge in [0.05, 0.1) is 17.9 Å². The van der Waals surface area contributed by atoms with Gasteiger partial charge in [-0.3, -0.25) is 4.79 Å². The molecule has 1 fully saturated rings. The van der Waals surface area contributed by atoms with E-state index < -0.39 is 0 Å². The average molecular weight is 207 g/mol. The highest BCUT2D eigenvalue weighted by Gasteiger charge is 2.26. The van der Waals surface area contributed by atoms with Crippen LogP contribution in [0.2, 0.25) is 0 Å². The molecule has 0 aromatic rings. The molecule has 0 saturated heterocycles. The summed E-state index contributed by atoms with van der Waals surface area (Å²) in [7, 11) is 0. The molecule has 1 aliphatic carbocycles. The molecular weight excluding hydrogens is 192 g/mol. The van der Waals surface area contributed by atoms with Crippen LogP contribution in [0.1, 0.15) is 25.7 Å². The second-order valence-corrected chi connectivity index (χ2v) is 3.75. The third-order valence-electron chi connectivity index (χ3n) is 2.30. The summed E-state index contributed by atoms with van der Waals surface area (Å²) in [6.07, 6.45) is 2.75. The maximum absolute atomic E-state index is 11.3. The molecule has 0 spiro atoms. The van der Waals surface area contributed by atoms with Crippen LogP contribution in [0.5, 0.6) is 0 Å². The monoisotopic (exact) mass is 206 g/mol. The number of hydrogen-bond donors (Lipinski definition) is 1. The summed E-state index contributed by atoms with van der Waals surface area (Å²) in [6, 6.07) is 0. The zero-order valence-corrected chi connectivity index (χ0v) is 8.29. The van der Waals surface area contributed by atoms with Gasteiger partial charge in [-0.05, 0) is 19.3 Å². The molecule has 4 heteroatoms. The number of aliphatic hydroxyl groups is 1. The highest BCUT2D eigenvalue weighted by Crippen LogP contribution is 2.25. The molecule has 1 aliphatic rings. The molecule has 0 aromatic carbocycles. The fourth-order valence-corrected chi connectivity index (χ4v) is 1.71. The lowest BCUT2D eigenvalue weighted by atomic mass is 9.87. The van der Waals surface area contributed by atoms with E-state index in [1.165, 1.54) is 0 Å². The van der Waals surface area contributed by atoms with E-state index in [-0.39, 0.29) is 24.6 Å². The largest absolute Gasteiger partial charge is 0.464 e. The van der Waals surface area contributed by atoms with Crippen LogP contribution in [0.15, 0.2) is 0 Å². The van der Waals surface area contributed by atoms with Gasteiger partial charge in [0.2, 0.25) is 0 Å². The minimum atomic E-state index is -0.331. The van der Waals surface area contributed by atoms with Crippen molar-refractivity contribution in [3.05, 3.63) is 0 Å². The molecular formula is C9H15ClO3. The van der Waals surface area contributed by atoms with Gasteiger partial charge in [0.1, 0.15) is 6.61 Å². The van der Waals surface area contributed by atoms with Crippen LogP contribution in [0, 0.1) is 5.92 Å². The molecule has 76 valence electrons. The maximum Gasteiger partial charge on any atom is 0.309 e. The predicted octanol–water partition coefficient (Wildman–Crippen LogP) is 1.32. The fraction of sp³-hybridized carbons (Fsp3) is 0.889. The lowest BCUT2D eigenvalue weighted by Crippen LogP contribution is -2.27. The van der Waals surface area contributed by atoms with E-state index in [2.05, 4.69) is 0 Å². The summed E-state index contributed by atoms with van der Waals surface area (Å²) in [4.78, 5) is 11.3. The van der Waals surface area contributed by atoms with Gasteiger partial charge in [-0.1, -0.05) is 6.42 Å². The predicted molar refractivity (Wildman–Crippen MR) is 49.6 cm³/mol. The number of esters is 1. The van der Waals surface area contributed by atoms with Crippen LogP contribution in [-0.2, 0) is 9.53 Å². The van der Waals surface area contributed by atoms with Crippen molar-refractivity contribution in [2.75, 3.05) is 12.5 Å². The van der Waals surface area contributed by atoms with Crippen molar-refractivity contribution >= 4 is 17.6 Å². The lowest BCUT2D eigenvalue weighted by molar-refractivity contribution is -0.150. The van der Waals surface area contributed by atoms with Crippen molar-refractivity contribution in [3.63, 3.8) is 0 Å².